The second-order valence-corrected chi connectivity index (χ2v) is 28.8. The van der Waals surface area contributed by atoms with Gasteiger partial charge in [0.1, 0.15) is 60.6 Å². The van der Waals surface area contributed by atoms with Gasteiger partial charge in [-0.05, 0) is 73.2 Å². The molecule has 3 aliphatic rings. The van der Waals surface area contributed by atoms with Gasteiger partial charge in [-0.15, -0.1) is 39.4 Å². The molecule has 6 heterocycles. The maximum atomic E-state index is 13.4. The van der Waals surface area contributed by atoms with Crippen molar-refractivity contribution in [2.75, 3.05) is 37.5 Å². The molecule has 5 N–H and O–H groups in total. The van der Waals surface area contributed by atoms with E-state index in [0.29, 0.717) is 30.7 Å². The van der Waals surface area contributed by atoms with Crippen molar-refractivity contribution in [1.29, 1.82) is 0 Å². The molecule has 0 bridgehead atoms. The van der Waals surface area contributed by atoms with Gasteiger partial charge < -0.3 is 16.4 Å². The number of ketones is 1. The number of rotatable bonds is 11. The third-order valence-electron chi connectivity index (χ3n) is 13.2. The van der Waals surface area contributed by atoms with Gasteiger partial charge in [-0.2, -0.15) is 34.3 Å². The van der Waals surface area contributed by atoms with Crippen molar-refractivity contribution < 1.29 is 52.8 Å². The maximum absolute atomic E-state index is 13.4. The molecular weight excluding hydrogens is 1420 g/mol. The molecule has 0 spiro atoms. The van der Waals surface area contributed by atoms with Gasteiger partial charge in [-0.25, -0.2) is 17.5 Å². The first-order chi connectivity index (χ1) is 44.6. The van der Waals surface area contributed by atoms with Gasteiger partial charge in [0.15, 0.2) is 15.8 Å². The number of aromatic nitrogens is 6. The molecule has 1 fully saturated rings. The summed E-state index contributed by atoms with van der Waals surface area (Å²) in [5, 5.41) is 32.2. The predicted molar refractivity (Wildman–Crippen MR) is 363 cm³/mol. The van der Waals surface area contributed by atoms with E-state index in [1.165, 1.54) is 105 Å². The van der Waals surface area contributed by atoms with Gasteiger partial charge >= 0.3 is 20.4 Å². The molecular formula is C59H51Cl3F3N15O9S6. The number of carbonyl (C=O) groups is 3. The van der Waals surface area contributed by atoms with Gasteiger partial charge in [0.2, 0.25) is 5.91 Å². The summed E-state index contributed by atoms with van der Waals surface area (Å²) < 4.78 is 126. The normalized spacial score (nSPS) is 16.8. The first-order valence-electron chi connectivity index (χ1n) is 26.8. The van der Waals surface area contributed by atoms with E-state index < -0.39 is 72.0 Å². The molecule has 1 saturated heterocycles. The van der Waals surface area contributed by atoms with Gasteiger partial charge in [0.25, 0.3) is 16.1 Å². The summed E-state index contributed by atoms with van der Waals surface area (Å²) in [6.45, 7) is 1.30. The van der Waals surface area contributed by atoms with E-state index in [2.05, 4.69) is 54.7 Å². The number of hydrogen-bond donors (Lipinski definition) is 4. The average Bonchev–Trinajstić information content (AvgIpc) is 1.78. The van der Waals surface area contributed by atoms with E-state index in [0.717, 1.165) is 53.1 Å². The van der Waals surface area contributed by atoms with Crippen molar-refractivity contribution in [3.05, 3.63) is 217 Å². The first kappa shape index (κ1) is 72.1. The minimum Gasteiger partial charge on any atom is -0.399 e. The predicted octanol–water partition coefficient (Wildman–Crippen LogP) is 11.1. The van der Waals surface area contributed by atoms with Gasteiger partial charge in [-0.3, -0.25) is 18.7 Å². The van der Waals surface area contributed by atoms with Gasteiger partial charge in [0.05, 0.1) is 26.8 Å². The quantitative estimate of drug-likeness (QED) is 0.0874. The molecule has 494 valence electrons. The number of carbonyl (C=O) groups excluding carboxylic acids is 3. The molecule has 12 rings (SSSR count). The summed E-state index contributed by atoms with van der Waals surface area (Å²) >= 11 is 20.5. The molecule has 6 aromatic carbocycles. The van der Waals surface area contributed by atoms with Crippen LogP contribution in [0.2, 0.25) is 15.1 Å². The van der Waals surface area contributed by atoms with E-state index in [4.69, 9.17) is 40.5 Å². The van der Waals surface area contributed by atoms with Crippen LogP contribution >= 0.6 is 68.8 Å². The number of anilines is 3. The zero-order valence-electron chi connectivity index (χ0n) is 48.8. The number of benzene rings is 6. The minimum absolute atomic E-state index is 0. The van der Waals surface area contributed by atoms with Crippen LogP contribution in [0.3, 0.4) is 0 Å². The number of nitrogens with one attached hydrogen (secondary N) is 3. The summed E-state index contributed by atoms with van der Waals surface area (Å²) in [6, 6.07) is 37.7. The maximum Gasteiger partial charge on any atom is 0.345 e. The van der Waals surface area contributed by atoms with Crippen LogP contribution in [-0.4, -0.2) is 125 Å². The minimum atomic E-state index is -4.17. The fraction of sp³-hybridized carbons (Fsp3) is 0.136. The lowest BCUT2D eigenvalue weighted by molar-refractivity contribution is -0.120. The molecule has 2 unspecified atom stereocenters. The monoisotopic (exact) mass is 1470 g/mol. The van der Waals surface area contributed by atoms with Crippen molar-refractivity contribution in [2.24, 2.45) is 8.80 Å². The smallest absolute Gasteiger partial charge is 0.345 e. The van der Waals surface area contributed by atoms with Crippen molar-refractivity contribution >= 4 is 146 Å². The van der Waals surface area contributed by atoms with Crippen LogP contribution in [0.4, 0.5) is 30.2 Å². The zero-order chi connectivity index (χ0) is 67.8. The number of allylic oxidation sites excluding steroid dienone is 3. The number of Topliss-reactive ketones (excluding diaryl/α,β-unsaturated/α-hetero) is 1. The van der Waals surface area contributed by atoms with E-state index in [9.17, 15) is 52.8 Å². The molecule has 2 amide bonds. The Bertz CT molecular complexity index is 4840. The van der Waals surface area contributed by atoms with Crippen LogP contribution in [0, 0.1) is 17.5 Å². The Morgan fingerprint density at radius 1 is 0.547 bits per heavy atom. The number of likely N-dealkylation sites (N-methyl/N-ethyl adjacent to an activating group) is 3. The number of nitrogen functional groups attached to an aromatic ring is 1. The highest BCUT2D eigenvalue weighted by molar-refractivity contribution is 7.88. The largest absolute Gasteiger partial charge is 0.399 e. The summed E-state index contributed by atoms with van der Waals surface area (Å²) in [6.07, 6.45) is 2.86. The van der Waals surface area contributed by atoms with Crippen molar-refractivity contribution in [1.82, 2.24) is 48.2 Å². The van der Waals surface area contributed by atoms with Crippen LogP contribution in [0.15, 0.2) is 178 Å². The molecule has 24 nitrogen and oxygen atoms in total. The van der Waals surface area contributed by atoms with Gasteiger partial charge in [-0.1, -0.05) is 167 Å². The van der Waals surface area contributed by atoms with Crippen LogP contribution in [-0.2, 0) is 45.0 Å². The SMILES string of the molecule is C.CC(=O)C1=CC(c2nnc(-c3ccccc3)s2)=NS(=O)(=O)N1C.CN1C(C(=O)Nc2ccc(F)c(Cl)c2)=CC(c2nnc(-c3ccccc3)s2)=NS1(=O)=O.CN1C(C(=O)Nc2ccc(F)c(Cl)c2)CC(c2nnc(-c3ccccc3)s2)NS1(=O)=O.Nc1ccc(F)c(Cl)c1. The lowest BCUT2D eigenvalue weighted by atomic mass is 10.1. The molecule has 3 aliphatic heterocycles. The highest BCUT2D eigenvalue weighted by atomic mass is 35.5. The molecule has 9 aromatic rings. The van der Waals surface area contributed by atoms with E-state index >= 15 is 0 Å². The second kappa shape index (κ2) is 30.8. The summed E-state index contributed by atoms with van der Waals surface area (Å²) in [5.74, 6) is -3.37. The van der Waals surface area contributed by atoms with Crippen molar-refractivity contribution in [2.45, 2.75) is 32.9 Å². The summed E-state index contributed by atoms with van der Waals surface area (Å²) in [7, 11) is -8.24. The van der Waals surface area contributed by atoms with E-state index in [1.807, 2.05) is 91.0 Å². The van der Waals surface area contributed by atoms with Crippen LogP contribution in [0.5, 0.6) is 0 Å². The van der Waals surface area contributed by atoms with Gasteiger partial charge in [0, 0.05) is 61.8 Å². The Balaban J connectivity index is 0.000000172. The Morgan fingerprint density at radius 2 is 0.947 bits per heavy atom. The summed E-state index contributed by atoms with van der Waals surface area (Å²) in [4.78, 5) is 37.2. The fourth-order valence-electron chi connectivity index (χ4n) is 8.32. The Labute approximate surface area is 570 Å². The van der Waals surface area contributed by atoms with Crippen LogP contribution in [0.25, 0.3) is 31.7 Å². The third-order valence-corrected chi connectivity index (χ3v) is 21.4. The number of nitrogens with zero attached hydrogens (tertiary/aromatic N) is 11. The Kier molecular flexibility index (Phi) is 23.4. The molecule has 0 radical (unpaired) electrons. The first-order valence-corrected chi connectivity index (χ1v) is 34.7. The lowest BCUT2D eigenvalue weighted by Crippen LogP contribution is -2.55. The average molecular weight is 1470 g/mol. The highest BCUT2D eigenvalue weighted by Gasteiger charge is 2.42. The molecule has 0 saturated carbocycles. The van der Waals surface area contributed by atoms with Crippen LogP contribution < -0.4 is 21.1 Å². The standard InChI is InChI=1S/C19H17ClFN5O3S2.C19H13ClFN5O3S2.C14H12N4O3S2.C6H5ClFN.CH4/c2*1-26-16(17(27)22-12-7-8-14(21)13(20)9-12)10-15(25-31(26,28)29)19-24-23-18(30-19)11-5-3-2-4-6-11;1-9(19)12-8-11(17-23(20,21)18(12)2)14-16-15-13(22-14)10-6-4-3-5-7-10;7-5-3-4(9)1-2-6(5)8;/h2-9,15-16,25H,10H2,1H3,(H,22,27);2-10H,1H3,(H,22,27);3-8H,1-2H3;1-3H,9H2;1H4. The number of amides is 2. The van der Waals surface area contributed by atoms with Crippen LogP contribution in [0.1, 0.15) is 41.8 Å². The van der Waals surface area contributed by atoms with E-state index in [1.54, 1.807) is 0 Å². The molecule has 36 heteroatoms. The fourth-order valence-corrected chi connectivity index (χ4v) is 14.7. The highest BCUT2D eigenvalue weighted by Crippen LogP contribution is 2.35. The second-order valence-electron chi connectivity index (χ2n) is 19.6. The summed E-state index contributed by atoms with van der Waals surface area (Å²) in [5.41, 5.74) is 8.74. The topological polar surface area (TPSA) is 328 Å². The Hall–Kier alpha value is -8.74. The van der Waals surface area contributed by atoms with E-state index in [-0.39, 0.29) is 73.9 Å². The van der Waals surface area contributed by atoms with Crippen molar-refractivity contribution in [3.8, 4) is 31.7 Å². The molecule has 2 atom stereocenters. The number of nitrogens with two attached hydrogens (primary N) is 1. The molecule has 3 aromatic heterocycles. The Morgan fingerprint density at radius 3 is 1.39 bits per heavy atom. The molecule has 95 heavy (non-hydrogen) atoms. The molecule has 0 aliphatic carbocycles. The number of halogens is 6. The number of hydrogen-bond acceptors (Lipinski definition) is 19. The third kappa shape index (κ3) is 17.8. The van der Waals surface area contributed by atoms with Crippen molar-refractivity contribution in [3.63, 3.8) is 0 Å². The zero-order valence-corrected chi connectivity index (χ0v) is 55.9. The lowest BCUT2D eigenvalue weighted by Gasteiger charge is -2.35.